The van der Waals surface area contributed by atoms with Gasteiger partial charge in [0, 0.05) is 15.5 Å². The number of carbonyl (C=O) groups is 1. The molecule has 0 saturated carbocycles. The van der Waals surface area contributed by atoms with Gasteiger partial charge in [0.1, 0.15) is 0 Å². The Morgan fingerprint density at radius 2 is 2.15 bits per heavy atom. The van der Waals surface area contributed by atoms with Crippen molar-refractivity contribution >= 4 is 38.9 Å². The van der Waals surface area contributed by atoms with Gasteiger partial charge in [0.15, 0.2) is 6.04 Å². The summed E-state index contributed by atoms with van der Waals surface area (Å²) in [5.41, 5.74) is 1.53. The molecular formula is C14H15BrN2O2S. The summed E-state index contributed by atoms with van der Waals surface area (Å²) in [7, 11) is 0. The maximum Gasteiger partial charge on any atom is 0.334 e. The molecule has 20 heavy (non-hydrogen) atoms. The zero-order valence-electron chi connectivity index (χ0n) is 11.2. The molecule has 0 bridgehead atoms. The standard InChI is InChI=1S/C14H15BrN2O2S/c1-3-19-14(18)13(12-8-20-9(2)16-12)17-11-6-4-10(15)5-7-11/h4-8,13,17H,3H2,1-2H3. The molecule has 0 radical (unpaired) electrons. The lowest BCUT2D eigenvalue weighted by atomic mass is 10.2. The topological polar surface area (TPSA) is 51.2 Å². The van der Waals surface area contributed by atoms with Gasteiger partial charge in [-0.1, -0.05) is 15.9 Å². The van der Waals surface area contributed by atoms with Crippen LogP contribution in [0.15, 0.2) is 34.1 Å². The maximum atomic E-state index is 12.1. The van der Waals surface area contributed by atoms with Crippen molar-refractivity contribution in [2.24, 2.45) is 0 Å². The molecule has 1 unspecified atom stereocenters. The van der Waals surface area contributed by atoms with E-state index in [0.29, 0.717) is 12.3 Å². The third-order valence-electron chi connectivity index (χ3n) is 2.61. The third-order valence-corrected chi connectivity index (χ3v) is 3.93. The van der Waals surface area contributed by atoms with Crippen molar-refractivity contribution < 1.29 is 9.53 Å². The van der Waals surface area contributed by atoms with Gasteiger partial charge in [0.05, 0.1) is 17.3 Å². The van der Waals surface area contributed by atoms with Gasteiger partial charge >= 0.3 is 5.97 Å². The van der Waals surface area contributed by atoms with E-state index in [2.05, 4.69) is 26.2 Å². The number of ether oxygens (including phenoxy) is 1. The molecule has 6 heteroatoms. The zero-order valence-corrected chi connectivity index (χ0v) is 13.6. The Hall–Kier alpha value is -1.40. The number of nitrogens with zero attached hydrogens (tertiary/aromatic N) is 1. The molecule has 1 atom stereocenters. The van der Waals surface area contributed by atoms with E-state index in [-0.39, 0.29) is 5.97 Å². The molecule has 2 aromatic rings. The van der Waals surface area contributed by atoms with E-state index in [1.807, 2.05) is 36.6 Å². The van der Waals surface area contributed by atoms with Gasteiger partial charge in [-0.3, -0.25) is 0 Å². The lowest BCUT2D eigenvalue weighted by Crippen LogP contribution is -2.23. The molecule has 1 aromatic carbocycles. The molecule has 4 nitrogen and oxygen atoms in total. The van der Waals surface area contributed by atoms with Gasteiger partial charge in [-0.15, -0.1) is 11.3 Å². The van der Waals surface area contributed by atoms with Crippen LogP contribution in [0.1, 0.15) is 23.7 Å². The maximum absolute atomic E-state index is 12.1. The predicted octanol–water partition coefficient (Wildman–Crippen LogP) is 3.93. The van der Waals surface area contributed by atoms with Gasteiger partial charge in [-0.25, -0.2) is 9.78 Å². The molecule has 0 aliphatic heterocycles. The number of carbonyl (C=O) groups excluding carboxylic acids is 1. The fraction of sp³-hybridized carbons (Fsp3) is 0.286. The van der Waals surface area contributed by atoms with Crippen LogP contribution in [0.25, 0.3) is 0 Å². The lowest BCUT2D eigenvalue weighted by molar-refractivity contribution is -0.144. The van der Waals surface area contributed by atoms with Crippen molar-refractivity contribution in [1.29, 1.82) is 0 Å². The number of aromatic nitrogens is 1. The number of anilines is 1. The van der Waals surface area contributed by atoms with Crippen LogP contribution in [0.4, 0.5) is 5.69 Å². The summed E-state index contributed by atoms with van der Waals surface area (Å²) in [6.45, 7) is 4.05. The Kier molecular flexibility index (Phi) is 5.14. The molecule has 0 saturated heterocycles. The summed E-state index contributed by atoms with van der Waals surface area (Å²) >= 11 is 4.90. The summed E-state index contributed by atoms with van der Waals surface area (Å²) in [6.07, 6.45) is 0. The molecule has 2 rings (SSSR count). The van der Waals surface area contributed by atoms with E-state index in [9.17, 15) is 4.79 Å². The molecular weight excluding hydrogens is 340 g/mol. The fourth-order valence-corrected chi connectivity index (χ4v) is 2.61. The average Bonchev–Trinajstić information content (AvgIpc) is 2.84. The zero-order chi connectivity index (χ0) is 14.5. The fourth-order valence-electron chi connectivity index (χ4n) is 1.70. The van der Waals surface area contributed by atoms with Gasteiger partial charge in [0.2, 0.25) is 0 Å². The van der Waals surface area contributed by atoms with Crippen LogP contribution in [-0.4, -0.2) is 17.6 Å². The SMILES string of the molecule is CCOC(=O)C(Nc1ccc(Br)cc1)c1csc(C)n1. The van der Waals surface area contributed by atoms with Crippen LogP contribution in [0, 0.1) is 6.92 Å². The minimum absolute atomic E-state index is 0.319. The van der Waals surface area contributed by atoms with Crippen LogP contribution in [0.2, 0.25) is 0 Å². The van der Waals surface area contributed by atoms with Crippen molar-refractivity contribution in [3.8, 4) is 0 Å². The van der Waals surface area contributed by atoms with Crippen LogP contribution in [0.5, 0.6) is 0 Å². The average molecular weight is 355 g/mol. The first-order valence-electron chi connectivity index (χ1n) is 6.21. The molecule has 0 fully saturated rings. The number of nitrogens with one attached hydrogen (secondary N) is 1. The van der Waals surface area contributed by atoms with Crippen LogP contribution in [-0.2, 0) is 9.53 Å². The minimum Gasteiger partial charge on any atom is -0.464 e. The van der Waals surface area contributed by atoms with Gasteiger partial charge in [0.25, 0.3) is 0 Å². The molecule has 0 aliphatic rings. The Balaban J connectivity index is 2.22. The summed E-state index contributed by atoms with van der Waals surface area (Å²) in [5, 5.41) is 5.97. The normalized spacial score (nSPS) is 11.9. The first kappa shape index (κ1) is 15.0. The van der Waals surface area contributed by atoms with Crippen LogP contribution in [0.3, 0.4) is 0 Å². The number of aryl methyl sites for hydroxylation is 1. The number of hydrogen-bond donors (Lipinski definition) is 1. The number of benzene rings is 1. The Bertz CT molecular complexity index is 583. The minimum atomic E-state index is -0.582. The summed E-state index contributed by atoms with van der Waals surface area (Å²) < 4.78 is 6.10. The quantitative estimate of drug-likeness (QED) is 0.826. The number of halogens is 1. The second kappa shape index (κ2) is 6.85. The van der Waals surface area contributed by atoms with E-state index in [0.717, 1.165) is 15.2 Å². The van der Waals surface area contributed by atoms with E-state index in [1.54, 1.807) is 6.92 Å². The van der Waals surface area contributed by atoms with E-state index < -0.39 is 6.04 Å². The summed E-state index contributed by atoms with van der Waals surface area (Å²) in [4.78, 5) is 16.5. The monoisotopic (exact) mass is 354 g/mol. The van der Waals surface area contributed by atoms with Crippen LogP contribution >= 0.6 is 27.3 Å². The van der Waals surface area contributed by atoms with Crippen molar-refractivity contribution in [2.45, 2.75) is 19.9 Å². The molecule has 1 N–H and O–H groups in total. The Labute approximate surface area is 130 Å². The molecule has 0 amide bonds. The van der Waals surface area contributed by atoms with Gasteiger partial charge in [-0.2, -0.15) is 0 Å². The van der Waals surface area contributed by atoms with Crippen molar-refractivity contribution in [3.05, 3.63) is 44.8 Å². The third kappa shape index (κ3) is 3.80. The largest absolute Gasteiger partial charge is 0.464 e. The highest BCUT2D eigenvalue weighted by molar-refractivity contribution is 9.10. The van der Waals surface area contributed by atoms with E-state index >= 15 is 0 Å². The number of rotatable bonds is 5. The van der Waals surface area contributed by atoms with E-state index in [4.69, 9.17) is 4.74 Å². The second-order valence-electron chi connectivity index (χ2n) is 4.13. The first-order chi connectivity index (χ1) is 9.60. The first-order valence-corrected chi connectivity index (χ1v) is 7.88. The number of thiazole rings is 1. The summed E-state index contributed by atoms with van der Waals surface area (Å²) in [5.74, 6) is -0.319. The van der Waals surface area contributed by atoms with Gasteiger partial charge < -0.3 is 10.1 Å². The van der Waals surface area contributed by atoms with Crippen molar-refractivity contribution in [1.82, 2.24) is 4.98 Å². The smallest absolute Gasteiger partial charge is 0.334 e. The molecule has 0 spiro atoms. The van der Waals surface area contributed by atoms with Crippen molar-refractivity contribution in [2.75, 3.05) is 11.9 Å². The Morgan fingerprint density at radius 1 is 1.45 bits per heavy atom. The van der Waals surface area contributed by atoms with Gasteiger partial charge in [-0.05, 0) is 38.1 Å². The molecule has 0 aliphatic carbocycles. The molecule has 106 valence electrons. The molecule has 1 heterocycles. The highest BCUT2D eigenvalue weighted by Gasteiger charge is 2.24. The highest BCUT2D eigenvalue weighted by atomic mass is 79.9. The van der Waals surface area contributed by atoms with E-state index in [1.165, 1.54) is 11.3 Å². The Morgan fingerprint density at radius 3 is 2.70 bits per heavy atom. The lowest BCUT2D eigenvalue weighted by Gasteiger charge is -2.16. The van der Waals surface area contributed by atoms with Crippen molar-refractivity contribution in [3.63, 3.8) is 0 Å². The second-order valence-corrected chi connectivity index (χ2v) is 6.11. The number of esters is 1. The molecule has 1 aromatic heterocycles. The highest BCUT2D eigenvalue weighted by Crippen LogP contribution is 2.23. The predicted molar refractivity (Wildman–Crippen MR) is 84.0 cm³/mol. The number of hydrogen-bond acceptors (Lipinski definition) is 5. The van der Waals surface area contributed by atoms with Crippen LogP contribution < -0.4 is 5.32 Å². The summed E-state index contributed by atoms with van der Waals surface area (Å²) in [6, 6.07) is 7.04.